The van der Waals surface area contributed by atoms with Crippen LogP contribution in [0.1, 0.15) is 39.8 Å². The summed E-state index contributed by atoms with van der Waals surface area (Å²) in [5.74, 6) is 0.255. The highest BCUT2D eigenvalue weighted by molar-refractivity contribution is 7.91. The lowest BCUT2D eigenvalue weighted by atomic mass is 10.1. The molecule has 1 N–H and O–H groups in total. The zero-order chi connectivity index (χ0) is 22.6. The largest absolute Gasteiger partial charge is 0.497 e. The van der Waals surface area contributed by atoms with E-state index in [9.17, 15) is 13.2 Å². The van der Waals surface area contributed by atoms with Gasteiger partial charge in [0.15, 0.2) is 0 Å². The fourth-order valence-electron chi connectivity index (χ4n) is 3.31. The second-order valence-corrected chi connectivity index (χ2v) is 10.1. The number of hydrogen-bond acceptors (Lipinski definition) is 6. The molecule has 0 aliphatic heterocycles. The second-order valence-electron chi connectivity index (χ2n) is 7.00. The van der Waals surface area contributed by atoms with E-state index in [1.807, 2.05) is 19.1 Å². The van der Waals surface area contributed by atoms with Crippen molar-refractivity contribution in [3.63, 3.8) is 0 Å². The minimum atomic E-state index is -3.73. The molecule has 0 saturated carbocycles. The molecule has 3 aromatic rings. The lowest BCUT2D eigenvalue weighted by Gasteiger charge is -2.22. The van der Waals surface area contributed by atoms with Crippen LogP contribution in [-0.4, -0.2) is 37.4 Å². The van der Waals surface area contributed by atoms with Gasteiger partial charge in [0.05, 0.1) is 13.7 Å². The van der Waals surface area contributed by atoms with Crippen LogP contribution in [-0.2, 0) is 27.8 Å². The molecule has 9 heteroatoms. The van der Waals surface area contributed by atoms with Crippen molar-refractivity contribution in [3.05, 3.63) is 69.9 Å². The molecular formula is C22H26N2O5S2. The average Bonchev–Trinajstić information content (AvgIpc) is 3.39. The summed E-state index contributed by atoms with van der Waals surface area (Å²) in [7, 11) is -2.15. The molecule has 3 rings (SSSR count). The van der Waals surface area contributed by atoms with Gasteiger partial charge in [0.1, 0.15) is 15.7 Å². The van der Waals surface area contributed by atoms with E-state index >= 15 is 0 Å². The Bertz CT molecular complexity index is 1130. The lowest BCUT2D eigenvalue weighted by Crippen LogP contribution is -2.30. The van der Waals surface area contributed by atoms with Crippen molar-refractivity contribution >= 4 is 27.3 Å². The van der Waals surface area contributed by atoms with Crippen LogP contribution in [0.25, 0.3) is 0 Å². The summed E-state index contributed by atoms with van der Waals surface area (Å²) < 4.78 is 38.8. The van der Waals surface area contributed by atoms with Gasteiger partial charge in [0, 0.05) is 18.8 Å². The number of aromatic amines is 1. The number of esters is 1. The summed E-state index contributed by atoms with van der Waals surface area (Å²) in [6.45, 7) is 5.95. The van der Waals surface area contributed by atoms with Crippen LogP contribution in [0.15, 0.2) is 46.0 Å². The molecule has 0 amide bonds. The van der Waals surface area contributed by atoms with Gasteiger partial charge < -0.3 is 14.5 Å². The van der Waals surface area contributed by atoms with Crippen LogP contribution < -0.4 is 4.74 Å². The highest BCUT2D eigenvalue weighted by Crippen LogP contribution is 2.28. The number of aromatic nitrogens is 1. The fourth-order valence-corrected chi connectivity index (χ4v) is 5.85. The SMILES string of the molecule is CCOC(=O)c1[nH]c(C)c(CN(Cc2ccc(OC)cc2)S(=O)(=O)c2cccs2)c1C. The number of nitrogens with zero attached hydrogens (tertiary/aromatic N) is 1. The van der Waals surface area contributed by atoms with Gasteiger partial charge in [-0.25, -0.2) is 13.2 Å². The molecule has 0 bridgehead atoms. The van der Waals surface area contributed by atoms with Gasteiger partial charge in [-0.3, -0.25) is 0 Å². The van der Waals surface area contributed by atoms with Gasteiger partial charge in [-0.15, -0.1) is 11.3 Å². The van der Waals surface area contributed by atoms with E-state index in [2.05, 4.69) is 4.98 Å². The van der Waals surface area contributed by atoms with Crippen molar-refractivity contribution in [3.8, 4) is 5.75 Å². The smallest absolute Gasteiger partial charge is 0.355 e. The molecule has 0 aliphatic rings. The number of carbonyl (C=O) groups is 1. The third-order valence-corrected chi connectivity index (χ3v) is 8.18. The number of sulfonamides is 1. The number of ether oxygens (including phenoxy) is 2. The Morgan fingerprint density at radius 2 is 1.84 bits per heavy atom. The number of rotatable bonds is 9. The Morgan fingerprint density at radius 3 is 2.42 bits per heavy atom. The first-order valence-electron chi connectivity index (χ1n) is 9.79. The molecule has 0 unspecified atom stereocenters. The molecule has 0 saturated heterocycles. The van der Waals surface area contributed by atoms with E-state index in [1.165, 1.54) is 15.6 Å². The number of hydrogen-bond donors (Lipinski definition) is 1. The number of nitrogens with one attached hydrogen (secondary N) is 1. The highest BCUT2D eigenvalue weighted by atomic mass is 32.2. The quantitative estimate of drug-likeness (QED) is 0.480. The monoisotopic (exact) mass is 462 g/mol. The number of thiophene rings is 1. The lowest BCUT2D eigenvalue weighted by molar-refractivity contribution is 0.0519. The third kappa shape index (κ3) is 5.00. The first-order valence-corrected chi connectivity index (χ1v) is 12.1. The first-order chi connectivity index (χ1) is 14.8. The van der Waals surface area contributed by atoms with Crippen LogP contribution in [0, 0.1) is 13.8 Å². The van der Waals surface area contributed by atoms with Crippen molar-refractivity contribution in [2.24, 2.45) is 0 Å². The van der Waals surface area contributed by atoms with Crippen molar-refractivity contribution in [2.75, 3.05) is 13.7 Å². The van der Waals surface area contributed by atoms with Gasteiger partial charge in [0.2, 0.25) is 0 Å². The Labute approximate surface area is 186 Å². The van der Waals surface area contributed by atoms with Crippen molar-refractivity contribution < 1.29 is 22.7 Å². The van der Waals surface area contributed by atoms with E-state index in [1.54, 1.807) is 50.6 Å². The molecule has 166 valence electrons. The molecule has 31 heavy (non-hydrogen) atoms. The molecule has 1 aromatic carbocycles. The Balaban J connectivity index is 1.98. The van der Waals surface area contributed by atoms with Gasteiger partial charge in [-0.2, -0.15) is 4.31 Å². The molecule has 0 atom stereocenters. The van der Waals surface area contributed by atoms with Crippen molar-refractivity contribution in [2.45, 2.75) is 38.1 Å². The molecule has 2 heterocycles. The topological polar surface area (TPSA) is 88.7 Å². The predicted octanol–water partition coefficient (Wildman–Crippen LogP) is 4.27. The Kier molecular flexibility index (Phi) is 7.19. The van der Waals surface area contributed by atoms with Crippen LogP contribution >= 0.6 is 11.3 Å². The molecule has 0 spiro atoms. The Morgan fingerprint density at radius 1 is 1.13 bits per heavy atom. The zero-order valence-electron chi connectivity index (χ0n) is 18.0. The molecule has 0 radical (unpaired) electrons. The Hall–Kier alpha value is -2.62. The van der Waals surface area contributed by atoms with Gasteiger partial charge in [-0.1, -0.05) is 18.2 Å². The number of H-pyrrole nitrogens is 1. The number of carbonyl (C=O) groups excluding carboxylic acids is 1. The van der Waals surface area contributed by atoms with Crippen LogP contribution in [0.5, 0.6) is 5.75 Å². The number of benzene rings is 1. The minimum absolute atomic E-state index is 0.125. The van der Waals surface area contributed by atoms with E-state index in [4.69, 9.17) is 9.47 Å². The van der Waals surface area contributed by atoms with Gasteiger partial charge in [-0.05, 0) is 61.0 Å². The summed E-state index contributed by atoms with van der Waals surface area (Å²) in [5, 5.41) is 1.74. The molecular weight excluding hydrogens is 436 g/mol. The zero-order valence-corrected chi connectivity index (χ0v) is 19.6. The summed E-state index contributed by atoms with van der Waals surface area (Å²) in [6, 6.07) is 10.6. The summed E-state index contributed by atoms with van der Waals surface area (Å²) in [5.41, 5.74) is 3.38. The molecule has 7 nitrogen and oxygen atoms in total. The van der Waals surface area contributed by atoms with Crippen LogP contribution in [0.4, 0.5) is 0 Å². The van der Waals surface area contributed by atoms with Gasteiger partial charge in [0.25, 0.3) is 10.0 Å². The maximum atomic E-state index is 13.4. The standard InChI is InChI=1S/C22H26N2O5S2/c1-5-29-22(25)21-15(2)19(16(3)23-21)14-24(31(26,27)20-7-6-12-30-20)13-17-8-10-18(28-4)11-9-17/h6-12,23H,5,13-14H2,1-4H3. The van der Waals surface area contributed by atoms with E-state index in [0.29, 0.717) is 17.0 Å². The molecule has 0 fully saturated rings. The van der Waals surface area contributed by atoms with Crippen LogP contribution in [0.2, 0.25) is 0 Å². The maximum absolute atomic E-state index is 13.4. The molecule has 0 aliphatic carbocycles. The third-order valence-electron chi connectivity index (χ3n) is 5.01. The van der Waals surface area contributed by atoms with E-state index in [0.717, 1.165) is 16.8 Å². The summed E-state index contributed by atoms with van der Waals surface area (Å²) in [6.07, 6.45) is 0. The fraction of sp³-hybridized carbons (Fsp3) is 0.318. The van der Waals surface area contributed by atoms with Crippen LogP contribution in [0.3, 0.4) is 0 Å². The minimum Gasteiger partial charge on any atom is -0.497 e. The summed E-state index contributed by atoms with van der Waals surface area (Å²) in [4.78, 5) is 15.3. The van der Waals surface area contributed by atoms with Gasteiger partial charge >= 0.3 is 5.97 Å². The maximum Gasteiger partial charge on any atom is 0.355 e. The first kappa shape index (κ1) is 23.1. The number of methoxy groups -OCH3 is 1. The average molecular weight is 463 g/mol. The highest BCUT2D eigenvalue weighted by Gasteiger charge is 2.29. The number of aryl methyl sites for hydroxylation is 1. The van der Waals surface area contributed by atoms with E-state index < -0.39 is 16.0 Å². The van der Waals surface area contributed by atoms with Crippen molar-refractivity contribution in [1.82, 2.24) is 9.29 Å². The predicted molar refractivity (Wildman–Crippen MR) is 120 cm³/mol. The second kappa shape index (κ2) is 9.67. The molecule has 2 aromatic heterocycles. The summed E-state index contributed by atoms with van der Waals surface area (Å²) >= 11 is 1.18. The van der Waals surface area contributed by atoms with Crippen molar-refractivity contribution in [1.29, 1.82) is 0 Å². The normalized spacial score (nSPS) is 11.6. The van der Waals surface area contributed by atoms with E-state index in [-0.39, 0.29) is 23.9 Å².